The molecule has 4 saturated carbocycles. The predicted octanol–water partition coefficient (Wildman–Crippen LogP) is 3.18. The Hall–Kier alpha value is -0.410. The van der Waals surface area contributed by atoms with Crippen LogP contribution in [0.3, 0.4) is 0 Å². The lowest BCUT2D eigenvalue weighted by Gasteiger charge is -2.54. The van der Waals surface area contributed by atoms with Crippen molar-refractivity contribution in [2.45, 2.75) is 72.3 Å². The Balaban J connectivity index is 1.88. The van der Waals surface area contributed by atoms with E-state index >= 15 is 0 Å². The van der Waals surface area contributed by atoms with Gasteiger partial charge in [0, 0.05) is 18.4 Å². The molecular weight excluding hydrogens is 288 g/mol. The van der Waals surface area contributed by atoms with Gasteiger partial charge in [0.1, 0.15) is 5.78 Å². The number of ketones is 1. The van der Waals surface area contributed by atoms with Crippen molar-refractivity contribution < 1.29 is 15.0 Å². The van der Waals surface area contributed by atoms with Gasteiger partial charge >= 0.3 is 0 Å². The Kier molecular flexibility index (Phi) is 3.08. The molecule has 0 aromatic carbocycles. The van der Waals surface area contributed by atoms with Crippen molar-refractivity contribution in [3.63, 3.8) is 0 Å². The lowest BCUT2D eigenvalue weighted by molar-refractivity contribution is -0.159. The number of hydrogen-bond acceptors (Lipinski definition) is 3. The second kappa shape index (κ2) is 4.40. The first-order valence-corrected chi connectivity index (χ1v) is 9.47. The van der Waals surface area contributed by atoms with Gasteiger partial charge in [-0.3, -0.25) is 4.79 Å². The largest absolute Gasteiger partial charge is 0.396 e. The number of Topliss-reactive ketones (excluding diaryl/α,β-unsaturated/α-hetero) is 1. The van der Waals surface area contributed by atoms with Crippen molar-refractivity contribution in [1.29, 1.82) is 0 Å². The summed E-state index contributed by atoms with van der Waals surface area (Å²) in [5, 5.41) is 20.7. The Labute approximate surface area is 139 Å². The number of fused-ring (bicyclic) bond motifs is 2. The number of carbonyl (C=O) groups is 1. The van der Waals surface area contributed by atoms with Crippen LogP contribution in [0.15, 0.2) is 0 Å². The third-order valence-electron chi connectivity index (χ3n) is 9.27. The predicted molar refractivity (Wildman–Crippen MR) is 88.7 cm³/mol. The van der Waals surface area contributed by atoms with Gasteiger partial charge in [0.05, 0.1) is 6.10 Å². The SMILES string of the molecule is CC1C(O)CC(=O)C2(C)CCC3C4C(C)(CO)CCC4(C)CC132. The summed E-state index contributed by atoms with van der Waals surface area (Å²) in [6.07, 6.45) is 5.23. The van der Waals surface area contributed by atoms with Gasteiger partial charge in [-0.25, -0.2) is 0 Å². The van der Waals surface area contributed by atoms with E-state index < -0.39 is 6.10 Å². The number of rotatable bonds is 1. The van der Waals surface area contributed by atoms with E-state index in [4.69, 9.17) is 0 Å². The molecule has 4 rings (SSSR count). The standard InChI is InChI=1S/C20H32O3/c1-12-14(22)9-15(23)19(4)6-5-13-16-17(2,10-20(12,13)19)7-8-18(16,3)11-21/h12-14,16,21-22H,5-11H2,1-4H3. The van der Waals surface area contributed by atoms with Crippen LogP contribution in [0.4, 0.5) is 0 Å². The second-order valence-electron chi connectivity index (χ2n) is 10.1. The highest BCUT2D eigenvalue weighted by molar-refractivity contribution is 5.87. The number of aliphatic hydroxyl groups excluding tert-OH is 2. The van der Waals surface area contributed by atoms with Gasteiger partial charge in [-0.15, -0.1) is 0 Å². The molecule has 130 valence electrons. The minimum atomic E-state index is -0.487. The zero-order chi connectivity index (χ0) is 16.8. The third kappa shape index (κ3) is 1.57. The smallest absolute Gasteiger partial charge is 0.141 e. The van der Waals surface area contributed by atoms with Crippen LogP contribution in [0.1, 0.15) is 66.2 Å². The monoisotopic (exact) mass is 320 g/mol. The fourth-order valence-electron chi connectivity index (χ4n) is 8.21. The Bertz CT molecular complexity index is 559. The average Bonchev–Trinajstić information content (AvgIpc) is 3.03. The van der Waals surface area contributed by atoms with Gasteiger partial charge in [0.15, 0.2) is 0 Å². The highest BCUT2D eigenvalue weighted by Crippen LogP contribution is 2.80. The van der Waals surface area contributed by atoms with Crippen LogP contribution in [0.5, 0.6) is 0 Å². The van der Waals surface area contributed by atoms with Crippen LogP contribution in [-0.4, -0.2) is 28.7 Å². The first kappa shape index (κ1) is 16.1. The van der Waals surface area contributed by atoms with E-state index in [1.807, 2.05) is 0 Å². The maximum absolute atomic E-state index is 12.9. The summed E-state index contributed by atoms with van der Waals surface area (Å²) in [5.41, 5.74) is -0.118. The first-order chi connectivity index (χ1) is 10.6. The van der Waals surface area contributed by atoms with Crippen LogP contribution in [0, 0.1) is 39.4 Å². The molecule has 0 radical (unpaired) electrons. The van der Waals surface area contributed by atoms with Crippen LogP contribution in [-0.2, 0) is 4.79 Å². The van der Waals surface area contributed by atoms with E-state index in [2.05, 4.69) is 27.7 Å². The normalized spacial score (nSPS) is 61.4. The van der Waals surface area contributed by atoms with Gasteiger partial charge in [0.25, 0.3) is 0 Å². The molecule has 3 nitrogen and oxygen atoms in total. The van der Waals surface area contributed by atoms with Crippen molar-refractivity contribution in [3.8, 4) is 0 Å². The van der Waals surface area contributed by atoms with E-state index in [1.165, 1.54) is 0 Å². The molecule has 0 bridgehead atoms. The summed E-state index contributed by atoms with van der Waals surface area (Å²) >= 11 is 0. The lowest BCUT2D eigenvalue weighted by Crippen LogP contribution is -2.56. The number of hydrogen-bond donors (Lipinski definition) is 2. The van der Waals surface area contributed by atoms with Crippen LogP contribution >= 0.6 is 0 Å². The number of carbonyl (C=O) groups excluding carboxylic acids is 1. The van der Waals surface area contributed by atoms with E-state index in [0.717, 1.165) is 32.1 Å². The maximum Gasteiger partial charge on any atom is 0.141 e. The van der Waals surface area contributed by atoms with Crippen molar-refractivity contribution in [2.24, 2.45) is 39.4 Å². The molecule has 4 fully saturated rings. The summed E-state index contributed by atoms with van der Waals surface area (Å²) in [6.45, 7) is 9.28. The van der Waals surface area contributed by atoms with E-state index in [1.54, 1.807) is 0 Å². The lowest BCUT2D eigenvalue weighted by atomic mass is 9.49. The summed E-state index contributed by atoms with van der Waals surface area (Å²) in [6, 6.07) is 0. The first-order valence-electron chi connectivity index (χ1n) is 9.47. The molecule has 0 aromatic heterocycles. The summed E-state index contributed by atoms with van der Waals surface area (Å²) in [7, 11) is 0. The zero-order valence-corrected chi connectivity index (χ0v) is 15.1. The molecule has 0 saturated heterocycles. The zero-order valence-electron chi connectivity index (χ0n) is 15.1. The fraction of sp³-hybridized carbons (Fsp3) is 0.950. The molecule has 2 N–H and O–H groups in total. The molecule has 4 aliphatic carbocycles. The molecular formula is C20H32O3. The Morgan fingerprint density at radius 1 is 1.17 bits per heavy atom. The molecule has 8 atom stereocenters. The summed E-state index contributed by atoms with van der Waals surface area (Å²) in [4.78, 5) is 12.9. The van der Waals surface area contributed by atoms with Crippen molar-refractivity contribution >= 4 is 5.78 Å². The summed E-state index contributed by atoms with van der Waals surface area (Å²) < 4.78 is 0. The van der Waals surface area contributed by atoms with Crippen LogP contribution < -0.4 is 0 Å². The van der Waals surface area contributed by atoms with Gasteiger partial charge in [-0.2, -0.15) is 0 Å². The fourth-order valence-corrected chi connectivity index (χ4v) is 8.21. The number of aliphatic hydroxyl groups is 2. The van der Waals surface area contributed by atoms with E-state index in [9.17, 15) is 15.0 Å². The topological polar surface area (TPSA) is 57.5 Å². The quantitative estimate of drug-likeness (QED) is 0.780. The molecule has 4 aliphatic rings. The van der Waals surface area contributed by atoms with E-state index in [-0.39, 0.29) is 34.2 Å². The van der Waals surface area contributed by atoms with Crippen LogP contribution in [0.2, 0.25) is 0 Å². The second-order valence-corrected chi connectivity index (χ2v) is 10.1. The van der Waals surface area contributed by atoms with Crippen LogP contribution in [0.25, 0.3) is 0 Å². The van der Waals surface area contributed by atoms with Gasteiger partial charge in [-0.05, 0) is 66.1 Å². The van der Waals surface area contributed by atoms with Crippen molar-refractivity contribution in [2.75, 3.05) is 6.61 Å². The summed E-state index contributed by atoms with van der Waals surface area (Å²) in [5.74, 6) is 1.44. The minimum absolute atomic E-state index is 0.0145. The third-order valence-corrected chi connectivity index (χ3v) is 9.27. The van der Waals surface area contributed by atoms with Crippen molar-refractivity contribution in [1.82, 2.24) is 0 Å². The molecule has 0 heterocycles. The van der Waals surface area contributed by atoms with Gasteiger partial charge < -0.3 is 10.2 Å². The van der Waals surface area contributed by atoms with Crippen molar-refractivity contribution in [3.05, 3.63) is 0 Å². The molecule has 1 spiro atoms. The molecule has 0 aliphatic heterocycles. The minimum Gasteiger partial charge on any atom is -0.396 e. The highest BCUT2D eigenvalue weighted by atomic mass is 16.3. The maximum atomic E-state index is 12.9. The molecule has 0 amide bonds. The van der Waals surface area contributed by atoms with Gasteiger partial charge in [0.2, 0.25) is 0 Å². The van der Waals surface area contributed by atoms with Gasteiger partial charge in [-0.1, -0.05) is 27.7 Å². The average molecular weight is 320 g/mol. The van der Waals surface area contributed by atoms with E-state index in [0.29, 0.717) is 24.0 Å². The highest BCUT2D eigenvalue weighted by Gasteiger charge is 2.76. The Morgan fingerprint density at radius 2 is 1.87 bits per heavy atom. The molecule has 0 aromatic rings. The molecule has 23 heavy (non-hydrogen) atoms. The Morgan fingerprint density at radius 3 is 2.52 bits per heavy atom. The molecule has 8 unspecified atom stereocenters. The molecule has 3 heteroatoms.